The van der Waals surface area contributed by atoms with Gasteiger partial charge in [-0.15, -0.1) is 0 Å². The number of ether oxygens (including phenoxy) is 2. The highest BCUT2D eigenvalue weighted by atomic mass is 16.5. The Morgan fingerprint density at radius 1 is 1.10 bits per heavy atom. The number of hydrogen-bond donors (Lipinski definition) is 0. The summed E-state index contributed by atoms with van der Waals surface area (Å²) in [7, 11) is 0. The predicted octanol–water partition coefficient (Wildman–Crippen LogP) is 3.86. The zero-order chi connectivity index (χ0) is 14.7. The smallest absolute Gasteiger partial charge is 0.306 e. The van der Waals surface area contributed by atoms with Gasteiger partial charge in [-0.25, -0.2) is 0 Å². The number of benzene rings is 2. The van der Waals surface area contributed by atoms with Crippen LogP contribution in [0.4, 0.5) is 0 Å². The van der Waals surface area contributed by atoms with E-state index < -0.39 is 0 Å². The number of rotatable bonds is 4. The lowest BCUT2D eigenvalue weighted by molar-refractivity contribution is -0.144. The van der Waals surface area contributed by atoms with Crippen LogP contribution in [0.15, 0.2) is 54.6 Å². The molecule has 0 unspecified atom stereocenters. The van der Waals surface area contributed by atoms with E-state index in [0.717, 1.165) is 16.9 Å². The van der Waals surface area contributed by atoms with Crippen molar-refractivity contribution >= 4 is 5.97 Å². The summed E-state index contributed by atoms with van der Waals surface area (Å²) in [6.07, 6.45) is 0.206. The third-order valence-electron chi connectivity index (χ3n) is 3.76. The van der Waals surface area contributed by atoms with Crippen LogP contribution in [-0.4, -0.2) is 12.6 Å². The van der Waals surface area contributed by atoms with E-state index >= 15 is 0 Å². The van der Waals surface area contributed by atoms with Gasteiger partial charge in [0.05, 0.1) is 13.0 Å². The van der Waals surface area contributed by atoms with E-state index in [4.69, 9.17) is 9.47 Å². The zero-order valence-electron chi connectivity index (χ0n) is 12.0. The van der Waals surface area contributed by atoms with Crippen LogP contribution in [0.2, 0.25) is 0 Å². The minimum Gasteiger partial charge on any atom is -0.485 e. The molecule has 0 bridgehead atoms. The number of carbonyl (C=O) groups is 1. The first-order valence-corrected chi connectivity index (χ1v) is 7.25. The molecule has 0 saturated heterocycles. The Balaban J connectivity index is 1.91. The van der Waals surface area contributed by atoms with Crippen LogP contribution < -0.4 is 4.74 Å². The summed E-state index contributed by atoms with van der Waals surface area (Å²) in [6, 6.07) is 17.9. The van der Waals surface area contributed by atoms with Gasteiger partial charge in [-0.3, -0.25) is 4.79 Å². The van der Waals surface area contributed by atoms with Crippen molar-refractivity contribution < 1.29 is 14.3 Å². The van der Waals surface area contributed by atoms with E-state index in [1.165, 1.54) is 0 Å². The lowest BCUT2D eigenvalue weighted by atomic mass is 9.88. The predicted molar refractivity (Wildman–Crippen MR) is 80.2 cm³/mol. The van der Waals surface area contributed by atoms with Crippen LogP contribution in [0, 0.1) is 0 Å². The molecule has 0 aromatic heterocycles. The van der Waals surface area contributed by atoms with Crippen LogP contribution >= 0.6 is 0 Å². The van der Waals surface area contributed by atoms with Crippen molar-refractivity contribution in [3.05, 3.63) is 65.7 Å². The maximum absolute atomic E-state index is 11.9. The van der Waals surface area contributed by atoms with Crippen molar-refractivity contribution in [2.75, 3.05) is 6.61 Å². The van der Waals surface area contributed by atoms with Crippen LogP contribution in [0.5, 0.6) is 5.75 Å². The highest BCUT2D eigenvalue weighted by Crippen LogP contribution is 2.47. The molecule has 1 heterocycles. The maximum Gasteiger partial charge on any atom is 0.306 e. The molecular formula is C18H18O3. The summed E-state index contributed by atoms with van der Waals surface area (Å²) in [4.78, 5) is 11.9. The minimum atomic E-state index is -0.177. The van der Waals surface area contributed by atoms with Crippen LogP contribution in [0.25, 0.3) is 0 Å². The molecule has 2 atom stereocenters. The molecule has 2 aromatic rings. The van der Waals surface area contributed by atoms with Crippen LogP contribution in [0.1, 0.15) is 36.5 Å². The SMILES string of the molecule is CCOC(=O)C[C@@H]1c2ccccc2O[C@H]1c1ccccc1. The Morgan fingerprint density at radius 3 is 2.57 bits per heavy atom. The fraction of sp³-hybridized carbons (Fsp3) is 0.278. The van der Waals surface area contributed by atoms with Gasteiger partial charge >= 0.3 is 5.97 Å². The lowest BCUT2D eigenvalue weighted by Crippen LogP contribution is -2.15. The summed E-state index contributed by atoms with van der Waals surface area (Å²) >= 11 is 0. The third-order valence-corrected chi connectivity index (χ3v) is 3.76. The molecule has 0 N–H and O–H groups in total. The second kappa shape index (κ2) is 6.00. The molecule has 108 valence electrons. The fourth-order valence-electron chi connectivity index (χ4n) is 2.84. The second-order valence-corrected chi connectivity index (χ2v) is 5.10. The van der Waals surface area contributed by atoms with Gasteiger partial charge in [0, 0.05) is 11.5 Å². The Kier molecular flexibility index (Phi) is 3.91. The lowest BCUT2D eigenvalue weighted by Gasteiger charge is -2.18. The normalized spacial score (nSPS) is 19.7. The van der Waals surface area contributed by atoms with E-state index in [1.807, 2.05) is 61.5 Å². The molecule has 1 aliphatic heterocycles. The first kappa shape index (κ1) is 13.7. The van der Waals surface area contributed by atoms with Crippen molar-refractivity contribution in [1.82, 2.24) is 0 Å². The van der Waals surface area contributed by atoms with Gasteiger partial charge in [-0.2, -0.15) is 0 Å². The first-order chi connectivity index (χ1) is 10.3. The molecule has 0 radical (unpaired) electrons. The van der Waals surface area contributed by atoms with E-state index in [9.17, 15) is 4.79 Å². The maximum atomic E-state index is 11.9. The molecular weight excluding hydrogens is 264 g/mol. The summed E-state index contributed by atoms with van der Waals surface area (Å²) < 4.78 is 11.2. The summed E-state index contributed by atoms with van der Waals surface area (Å²) in [5, 5.41) is 0. The van der Waals surface area contributed by atoms with Gasteiger partial charge < -0.3 is 9.47 Å². The number of carbonyl (C=O) groups excluding carboxylic acids is 1. The fourth-order valence-corrected chi connectivity index (χ4v) is 2.84. The Morgan fingerprint density at radius 2 is 1.81 bits per heavy atom. The number of para-hydroxylation sites is 1. The van der Waals surface area contributed by atoms with Gasteiger partial charge in [0.2, 0.25) is 0 Å². The molecule has 3 nitrogen and oxygen atoms in total. The average Bonchev–Trinajstić information content (AvgIpc) is 2.87. The molecule has 21 heavy (non-hydrogen) atoms. The van der Waals surface area contributed by atoms with Crippen molar-refractivity contribution in [2.24, 2.45) is 0 Å². The zero-order valence-corrected chi connectivity index (χ0v) is 12.0. The van der Waals surface area contributed by atoms with E-state index in [-0.39, 0.29) is 18.0 Å². The molecule has 3 rings (SSSR count). The van der Waals surface area contributed by atoms with Crippen molar-refractivity contribution in [3.8, 4) is 5.75 Å². The summed E-state index contributed by atoms with van der Waals surface area (Å²) in [5.41, 5.74) is 2.17. The Labute approximate surface area is 124 Å². The largest absolute Gasteiger partial charge is 0.485 e. The van der Waals surface area contributed by atoms with Gasteiger partial charge in [0.15, 0.2) is 0 Å². The minimum absolute atomic E-state index is 0.00245. The monoisotopic (exact) mass is 282 g/mol. The molecule has 2 aromatic carbocycles. The standard InChI is InChI=1S/C18H18O3/c1-2-20-17(19)12-15-14-10-6-7-11-16(14)21-18(15)13-8-4-3-5-9-13/h3-11,15,18H,2,12H2,1H3/t15-,18+/m1/s1. The van der Waals surface area contributed by atoms with Gasteiger partial charge in [0.1, 0.15) is 11.9 Å². The highest BCUT2D eigenvalue weighted by molar-refractivity contribution is 5.71. The van der Waals surface area contributed by atoms with Crippen LogP contribution in [-0.2, 0) is 9.53 Å². The second-order valence-electron chi connectivity index (χ2n) is 5.10. The van der Waals surface area contributed by atoms with Gasteiger partial charge in [-0.05, 0) is 18.6 Å². The Hall–Kier alpha value is -2.29. The number of esters is 1. The van der Waals surface area contributed by atoms with E-state index in [2.05, 4.69) is 0 Å². The molecule has 0 saturated carbocycles. The number of hydrogen-bond acceptors (Lipinski definition) is 3. The van der Waals surface area contributed by atoms with Crippen molar-refractivity contribution in [1.29, 1.82) is 0 Å². The molecule has 0 fully saturated rings. The molecule has 0 amide bonds. The van der Waals surface area contributed by atoms with E-state index in [1.54, 1.807) is 0 Å². The summed E-state index contributed by atoms with van der Waals surface area (Å²) in [5.74, 6) is 0.687. The van der Waals surface area contributed by atoms with Crippen molar-refractivity contribution in [2.45, 2.75) is 25.4 Å². The average molecular weight is 282 g/mol. The first-order valence-electron chi connectivity index (χ1n) is 7.25. The number of fused-ring (bicyclic) bond motifs is 1. The topological polar surface area (TPSA) is 35.5 Å². The van der Waals surface area contributed by atoms with Crippen LogP contribution in [0.3, 0.4) is 0 Å². The van der Waals surface area contributed by atoms with Crippen molar-refractivity contribution in [3.63, 3.8) is 0 Å². The quantitative estimate of drug-likeness (QED) is 0.799. The molecule has 1 aliphatic rings. The summed E-state index contributed by atoms with van der Waals surface area (Å²) in [6.45, 7) is 2.23. The van der Waals surface area contributed by atoms with Gasteiger partial charge in [0.25, 0.3) is 0 Å². The molecule has 3 heteroatoms. The van der Waals surface area contributed by atoms with E-state index in [0.29, 0.717) is 13.0 Å². The highest BCUT2D eigenvalue weighted by Gasteiger charge is 2.36. The molecule has 0 spiro atoms. The molecule has 0 aliphatic carbocycles. The third kappa shape index (κ3) is 2.77. The Bertz CT molecular complexity index is 621. The van der Waals surface area contributed by atoms with Gasteiger partial charge in [-0.1, -0.05) is 48.5 Å².